The van der Waals surface area contributed by atoms with E-state index in [1.807, 2.05) is 42.5 Å². The van der Waals surface area contributed by atoms with E-state index >= 15 is 0 Å². The molecule has 27 heavy (non-hydrogen) atoms. The lowest BCUT2D eigenvalue weighted by Crippen LogP contribution is -2.45. The lowest BCUT2D eigenvalue weighted by Gasteiger charge is -2.34. The molecule has 1 spiro atoms. The fourth-order valence-electron chi connectivity index (χ4n) is 4.49. The van der Waals surface area contributed by atoms with E-state index in [-0.39, 0.29) is 0 Å². The number of methoxy groups -OCH3 is 1. The molecule has 6 heteroatoms. The predicted molar refractivity (Wildman–Crippen MR) is 105 cm³/mol. The van der Waals surface area contributed by atoms with Crippen molar-refractivity contribution in [3.8, 4) is 5.75 Å². The number of hydrogen-bond donors (Lipinski definition) is 0. The van der Waals surface area contributed by atoms with Crippen LogP contribution in [0, 0.1) is 0 Å². The molecule has 5 nitrogen and oxygen atoms in total. The fraction of sp³-hybridized carbons (Fsp3) is 0.429. The van der Waals surface area contributed by atoms with Gasteiger partial charge in [0.05, 0.1) is 17.5 Å². The van der Waals surface area contributed by atoms with Crippen LogP contribution in [0.25, 0.3) is 0 Å². The Morgan fingerprint density at radius 3 is 2.56 bits per heavy atom. The van der Waals surface area contributed by atoms with Crippen molar-refractivity contribution in [3.63, 3.8) is 0 Å². The monoisotopic (exact) mass is 386 g/mol. The highest BCUT2D eigenvalue weighted by Crippen LogP contribution is 2.50. The molecule has 0 bridgehead atoms. The molecule has 0 unspecified atom stereocenters. The van der Waals surface area contributed by atoms with Crippen LogP contribution in [-0.4, -0.2) is 44.4 Å². The van der Waals surface area contributed by atoms with Gasteiger partial charge < -0.3 is 9.64 Å². The van der Waals surface area contributed by atoms with E-state index < -0.39 is 15.6 Å². The summed E-state index contributed by atoms with van der Waals surface area (Å²) in [7, 11) is -1.88. The molecule has 0 aliphatic carbocycles. The zero-order valence-corrected chi connectivity index (χ0v) is 16.7. The Kier molecular flexibility index (Phi) is 4.74. The van der Waals surface area contributed by atoms with Gasteiger partial charge in [0.2, 0.25) is 10.0 Å². The zero-order chi connectivity index (χ0) is 19.1. The molecule has 0 radical (unpaired) electrons. The first-order chi connectivity index (χ1) is 13.0. The van der Waals surface area contributed by atoms with Crippen LogP contribution >= 0.6 is 0 Å². The maximum atomic E-state index is 13.4. The maximum absolute atomic E-state index is 13.4. The lowest BCUT2D eigenvalue weighted by molar-refractivity contribution is 0.187. The number of likely N-dealkylation sites (tertiary alicyclic amines) is 1. The highest BCUT2D eigenvalue weighted by molar-refractivity contribution is 7.89. The van der Waals surface area contributed by atoms with Crippen LogP contribution in [0.2, 0.25) is 0 Å². The standard InChI is InChI=1S/C21H26N2O3S/c1-3-13-22-14-12-21(16-22)19-6-4-5-7-20(19)27(24,25)23(21)15-17-8-10-18(26-2)11-9-17/h4-11H,3,12-16H2,1-2H3/t21-/m1/s1. The lowest BCUT2D eigenvalue weighted by atomic mass is 9.88. The molecular formula is C21H26N2O3S. The third kappa shape index (κ3) is 2.96. The molecule has 0 aromatic heterocycles. The molecule has 1 atom stereocenters. The number of ether oxygens (including phenoxy) is 1. The van der Waals surface area contributed by atoms with Gasteiger partial charge in [0, 0.05) is 19.6 Å². The minimum Gasteiger partial charge on any atom is -0.497 e. The molecular weight excluding hydrogens is 360 g/mol. The fourth-order valence-corrected chi connectivity index (χ4v) is 6.54. The third-order valence-corrected chi connectivity index (χ3v) is 7.76. The van der Waals surface area contributed by atoms with E-state index in [0.29, 0.717) is 11.4 Å². The van der Waals surface area contributed by atoms with E-state index in [1.54, 1.807) is 17.5 Å². The van der Waals surface area contributed by atoms with Crippen LogP contribution in [0.4, 0.5) is 0 Å². The SMILES string of the molecule is CCCN1CC[C@@]2(C1)c1ccccc1S(=O)(=O)N2Cc1ccc(OC)cc1. The summed E-state index contributed by atoms with van der Waals surface area (Å²) in [6.07, 6.45) is 1.91. The predicted octanol–water partition coefficient (Wildman–Crippen LogP) is 3.21. The average molecular weight is 387 g/mol. The van der Waals surface area contributed by atoms with Crippen molar-refractivity contribution in [2.45, 2.75) is 36.7 Å². The molecule has 2 aliphatic heterocycles. The normalized spacial score (nSPS) is 24.4. The van der Waals surface area contributed by atoms with Crippen molar-refractivity contribution in [1.82, 2.24) is 9.21 Å². The summed E-state index contributed by atoms with van der Waals surface area (Å²) in [5.74, 6) is 0.774. The first kappa shape index (κ1) is 18.5. The highest BCUT2D eigenvalue weighted by atomic mass is 32.2. The van der Waals surface area contributed by atoms with E-state index in [1.165, 1.54) is 0 Å². The molecule has 2 aromatic rings. The van der Waals surface area contributed by atoms with Crippen LogP contribution in [0.1, 0.15) is 30.9 Å². The zero-order valence-electron chi connectivity index (χ0n) is 15.9. The van der Waals surface area contributed by atoms with Gasteiger partial charge >= 0.3 is 0 Å². The van der Waals surface area contributed by atoms with Crippen molar-refractivity contribution < 1.29 is 13.2 Å². The van der Waals surface area contributed by atoms with Gasteiger partial charge in [-0.2, -0.15) is 4.31 Å². The minimum atomic E-state index is -3.52. The Hall–Kier alpha value is -1.89. The first-order valence-electron chi connectivity index (χ1n) is 9.49. The summed E-state index contributed by atoms with van der Waals surface area (Å²) in [5.41, 5.74) is 1.46. The quantitative estimate of drug-likeness (QED) is 0.792. The molecule has 0 saturated carbocycles. The maximum Gasteiger partial charge on any atom is 0.244 e. The number of hydrogen-bond acceptors (Lipinski definition) is 4. The van der Waals surface area contributed by atoms with Crippen molar-refractivity contribution in [2.24, 2.45) is 0 Å². The van der Waals surface area contributed by atoms with Gasteiger partial charge in [0.15, 0.2) is 0 Å². The van der Waals surface area contributed by atoms with Gasteiger partial charge in [-0.3, -0.25) is 0 Å². The van der Waals surface area contributed by atoms with Gasteiger partial charge in [-0.15, -0.1) is 0 Å². The molecule has 2 aromatic carbocycles. The van der Waals surface area contributed by atoms with Crippen molar-refractivity contribution in [1.29, 1.82) is 0 Å². The molecule has 2 aliphatic rings. The van der Waals surface area contributed by atoms with Gasteiger partial charge in [0.25, 0.3) is 0 Å². The summed E-state index contributed by atoms with van der Waals surface area (Å²) in [6, 6.07) is 15.2. The number of benzene rings is 2. The van der Waals surface area contributed by atoms with Crippen LogP contribution in [0.3, 0.4) is 0 Å². The second kappa shape index (κ2) is 6.93. The largest absolute Gasteiger partial charge is 0.497 e. The van der Waals surface area contributed by atoms with Crippen molar-refractivity contribution in [3.05, 3.63) is 59.7 Å². The molecule has 2 heterocycles. The van der Waals surface area contributed by atoms with Gasteiger partial charge in [0.1, 0.15) is 5.75 Å². The minimum absolute atomic E-state index is 0.376. The summed E-state index contributed by atoms with van der Waals surface area (Å²) >= 11 is 0. The molecule has 4 rings (SSSR count). The van der Waals surface area contributed by atoms with Crippen LogP contribution < -0.4 is 4.74 Å². The Balaban J connectivity index is 1.76. The first-order valence-corrected chi connectivity index (χ1v) is 10.9. The smallest absolute Gasteiger partial charge is 0.244 e. The highest BCUT2D eigenvalue weighted by Gasteiger charge is 2.56. The van der Waals surface area contributed by atoms with Gasteiger partial charge in [-0.1, -0.05) is 37.3 Å². The Labute approximate surface area is 161 Å². The number of sulfonamides is 1. The molecule has 144 valence electrons. The van der Waals surface area contributed by atoms with Crippen LogP contribution in [0.15, 0.2) is 53.4 Å². The number of nitrogens with zero attached hydrogens (tertiary/aromatic N) is 2. The summed E-state index contributed by atoms with van der Waals surface area (Å²) in [4.78, 5) is 2.86. The van der Waals surface area contributed by atoms with Crippen LogP contribution in [0.5, 0.6) is 5.75 Å². The summed E-state index contributed by atoms with van der Waals surface area (Å²) < 4.78 is 33.8. The van der Waals surface area contributed by atoms with E-state index in [4.69, 9.17) is 4.74 Å². The van der Waals surface area contributed by atoms with E-state index in [0.717, 1.165) is 49.4 Å². The summed E-state index contributed by atoms with van der Waals surface area (Å²) in [6.45, 7) is 5.23. The topological polar surface area (TPSA) is 49.9 Å². The van der Waals surface area contributed by atoms with Gasteiger partial charge in [-0.05, 0) is 48.7 Å². The Morgan fingerprint density at radius 2 is 1.85 bits per heavy atom. The Bertz CT molecular complexity index is 927. The summed E-state index contributed by atoms with van der Waals surface area (Å²) in [5, 5.41) is 0. The van der Waals surface area contributed by atoms with Crippen LogP contribution in [-0.2, 0) is 22.1 Å². The number of rotatable bonds is 5. The second-order valence-electron chi connectivity index (χ2n) is 7.41. The van der Waals surface area contributed by atoms with Crippen molar-refractivity contribution in [2.75, 3.05) is 26.7 Å². The number of fused-ring (bicyclic) bond motifs is 2. The molecule has 1 saturated heterocycles. The Morgan fingerprint density at radius 1 is 1.11 bits per heavy atom. The van der Waals surface area contributed by atoms with E-state index in [9.17, 15) is 8.42 Å². The molecule has 0 amide bonds. The average Bonchev–Trinajstić information content (AvgIpc) is 3.17. The third-order valence-electron chi connectivity index (χ3n) is 5.79. The molecule has 0 N–H and O–H groups in total. The van der Waals surface area contributed by atoms with E-state index in [2.05, 4.69) is 11.8 Å². The molecule has 1 fully saturated rings. The van der Waals surface area contributed by atoms with Gasteiger partial charge in [-0.25, -0.2) is 8.42 Å². The second-order valence-corrected chi connectivity index (χ2v) is 9.24. The van der Waals surface area contributed by atoms with Crippen molar-refractivity contribution >= 4 is 10.0 Å².